The maximum atomic E-state index is 15.3. The number of amides is 1. The van der Waals surface area contributed by atoms with Gasteiger partial charge in [-0.1, -0.05) is 59.6 Å². The first-order chi connectivity index (χ1) is 22.1. The van der Waals surface area contributed by atoms with Crippen molar-refractivity contribution < 1.29 is 31.9 Å². The van der Waals surface area contributed by atoms with E-state index in [0.29, 0.717) is 34.0 Å². The fourth-order valence-corrected chi connectivity index (χ4v) is 8.43. The van der Waals surface area contributed by atoms with Gasteiger partial charge in [-0.25, -0.2) is 12.8 Å². The molecule has 1 aliphatic heterocycles. The Hall–Kier alpha value is -3.18. The molecule has 0 spiro atoms. The number of anilines is 1. The molecular weight excluding hydrogens is 654 g/mol. The fourth-order valence-electron chi connectivity index (χ4n) is 6.23. The van der Waals surface area contributed by atoms with Crippen LogP contribution in [0.3, 0.4) is 0 Å². The lowest BCUT2D eigenvalue weighted by Gasteiger charge is -2.49. The van der Waals surface area contributed by atoms with Crippen LogP contribution >= 0.6 is 23.2 Å². The number of esters is 1. The van der Waals surface area contributed by atoms with Gasteiger partial charge in [0.05, 0.1) is 42.6 Å². The minimum absolute atomic E-state index is 0.0572. The topological polar surface area (TPSA) is 93.2 Å². The van der Waals surface area contributed by atoms with E-state index in [0.717, 1.165) is 17.1 Å². The zero-order valence-corrected chi connectivity index (χ0v) is 27.6. The second-order valence-electron chi connectivity index (χ2n) is 12.0. The molecule has 3 aromatic carbocycles. The second kappa shape index (κ2) is 13.5. The van der Waals surface area contributed by atoms with Crippen molar-refractivity contribution in [2.45, 2.75) is 68.6 Å². The zero-order valence-electron chi connectivity index (χ0n) is 25.2. The molecule has 3 fully saturated rings. The zero-order chi connectivity index (χ0) is 32.6. The Kier molecular flexibility index (Phi) is 9.62. The van der Waals surface area contributed by atoms with Gasteiger partial charge < -0.3 is 14.4 Å². The molecule has 1 heterocycles. The van der Waals surface area contributed by atoms with Crippen molar-refractivity contribution in [3.05, 3.63) is 99.8 Å². The van der Waals surface area contributed by atoms with Crippen LogP contribution in [-0.4, -0.2) is 55.7 Å². The van der Waals surface area contributed by atoms with Crippen LogP contribution in [0.1, 0.15) is 62.3 Å². The van der Waals surface area contributed by atoms with Crippen molar-refractivity contribution in [1.29, 1.82) is 0 Å². The summed E-state index contributed by atoms with van der Waals surface area (Å²) < 4.78 is 56.0. The fraction of sp³-hybridized carbons (Fsp3) is 0.412. The largest absolute Gasteiger partial charge is 0.466 e. The third kappa shape index (κ3) is 6.90. The number of para-hydroxylation sites is 1. The molecule has 12 heteroatoms. The van der Waals surface area contributed by atoms with Gasteiger partial charge in [-0.15, -0.1) is 0 Å². The van der Waals surface area contributed by atoms with E-state index in [9.17, 15) is 18.0 Å². The lowest BCUT2D eigenvalue weighted by molar-refractivity contribution is -0.184. The van der Waals surface area contributed by atoms with Crippen LogP contribution in [0.25, 0.3) is 0 Å². The molecule has 0 N–H and O–H groups in total. The van der Waals surface area contributed by atoms with E-state index in [4.69, 9.17) is 32.7 Å². The molecule has 244 valence electrons. The molecular formula is C34H35Cl2FN2O6S. The van der Waals surface area contributed by atoms with Gasteiger partial charge in [0.1, 0.15) is 18.0 Å². The Morgan fingerprint density at radius 2 is 1.72 bits per heavy atom. The van der Waals surface area contributed by atoms with Gasteiger partial charge in [0.2, 0.25) is 10.0 Å². The summed E-state index contributed by atoms with van der Waals surface area (Å²) in [6, 6.07) is 18.5. The van der Waals surface area contributed by atoms with Gasteiger partial charge in [0, 0.05) is 10.0 Å². The molecule has 1 amide bonds. The normalized spacial score (nSPS) is 22.4. The number of halogens is 3. The van der Waals surface area contributed by atoms with E-state index in [-0.39, 0.29) is 31.2 Å². The molecule has 0 radical (unpaired) electrons. The van der Waals surface area contributed by atoms with Crippen LogP contribution in [0.4, 0.5) is 10.1 Å². The highest BCUT2D eigenvalue weighted by Gasteiger charge is 2.52. The first kappa shape index (κ1) is 32.7. The molecule has 0 bridgehead atoms. The molecule has 1 saturated heterocycles. The number of carbonyl (C=O) groups is 2. The van der Waals surface area contributed by atoms with Gasteiger partial charge in [-0.3, -0.25) is 13.9 Å². The van der Waals surface area contributed by atoms with Gasteiger partial charge >= 0.3 is 5.97 Å². The minimum Gasteiger partial charge on any atom is -0.466 e. The first-order valence-corrected chi connectivity index (χ1v) is 17.7. The quantitative estimate of drug-likeness (QED) is 0.193. The summed E-state index contributed by atoms with van der Waals surface area (Å²) in [5.41, 5.74) is 1.31. The summed E-state index contributed by atoms with van der Waals surface area (Å²) in [7, 11) is -3.94. The third-order valence-corrected chi connectivity index (χ3v) is 11.5. The number of rotatable bonds is 12. The number of sulfonamides is 1. The Morgan fingerprint density at radius 3 is 2.35 bits per heavy atom. The number of carbonyl (C=O) groups excluding carboxylic acids is 2. The van der Waals surface area contributed by atoms with E-state index in [2.05, 4.69) is 0 Å². The van der Waals surface area contributed by atoms with Crippen molar-refractivity contribution in [3.63, 3.8) is 0 Å². The van der Waals surface area contributed by atoms with Crippen molar-refractivity contribution >= 4 is 50.8 Å². The summed E-state index contributed by atoms with van der Waals surface area (Å²) in [6.45, 7) is 1.66. The SMILES string of the molecule is CCOC(=O)CC1OC(c2cccc(Cl)c2)C(c2ccc(Cl)cc2)N(C(CN(c2ccccc2F)S(=O)(=O)C2CC2)C2CC2)C1=O. The predicted octanol–water partition coefficient (Wildman–Crippen LogP) is 6.87. The smallest absolute Gasteiger partial charge is 0.308 e. The maximum Gasteiger partial charge on any atom is 0.308 e. The standard InChI is InChI=1S/C34H35Cl2FN2O6S/c1-2-44-31(40)19-30-34(41)39(32(22-12-14-24(35)15-13-22)33(45-30)23-6-5-7-25(36)18-23)29(21-10-11-21)20-38(46(42,43)26-16-17-26)28-9-4-3-8-27(28)37/h3-9,12-15,18,21,26,29-30,32-33H,2,10-11,16-17,19-20H2,1H3. The lowest BCUT2D eigenvalue weighted by atomic mass is 9.89. The number of hydrogen-bond acceptors (Lipinski definition) is 6. The molecule has 6 rings (SSSR count). The monoisotopic (exact) mass is 688 g/mol. The third-order valence-electron chi connectivity index (χ3n) is 8.72. The molecule has 8 nitrogen and oxygen atoms in total. The molecule has 4 unspecified atom stereocenters. The Labute approximate surface area is 278 Å². The Morgan fingerprint density at radius 1 is 1.00 bits per heavy atom. The van der Waals surface area contributed by atoms with Crippen molar-refractivity contribution in [1.82, 2.24) is 4.90 Å². The summed E-state index contributed by atoms with van der Waals surface area (Å²) >= 11 is 12.7. The van der Waals surface area contributed by atoms with Crippen molar-refractivity contribution in [2.75, 3.05) is 17.5 Å². The summed E-state index contributed by atoms with van der Waals surface area (Å²) in [5, 5.41) is 0.342. The number of nitrogens with zero attached hydrogens (tertiary/aromatic N) is 2. The molecule has 3 aromatic rings. The molecule has 4 atom stereocenters. The summed E-state index contributed by atoms with van der Waals surface area (Å²) in [5.74, 6) is -1.80. The van der Waals surface area contributed by atoms with E-state index < -0.39 is 57.3 Å². The van der Waals surface area contributed by atoms with Crippen LogP contribution in [0, 0.1) is 11.7 Å². The van der Waals surface area contributed by atoms with Gasteiger partial charge in [0.15, 0.2) is 0 Å². The predicted molar refractivity (Wildman–Crippen MR) is 174 cm³/mol. The van der Waals surface area contributed by atoms with Crippen LogP contribution in [-0.2, 0) is 29.1 Å². The lowest BCUT2D eigenvalue weighted by Crippen LogP contribution is -2.59. The van der Waals surface area contributed by atoms with Gasteiger partial charge in [-0.05, 0) is 86.1 Å². The Balaban J connectivity index is 1.50. The highest BCUT2D eigenvalue weighted by molar-refractivity contribution is 7.93. The summed E-state index contributed by atoms with van der Waals surface area (Å²) in [6.07, 6.45) is 0.147. The molecule has 2 saturated carbocycles. The highest BCUT2D eigenvalue weighted by Crippen LogP contribution is 2.49. The van der Waals surface area contributed by atoms with Gasteiger partial charge in [-0.2, -0.15) is 0 Å². The van der Waals surface area contributed by atoms with Crippen molar-refractivity contribution in [2.24, 2.45) is 5.92 Å². The average Bonchev–Trinajstić information content (AvgIpc) is 3.94. The molecule has 46 heavy (non-hydrogen) atoms. The molecule has 2 aliphatic carbocycles. The minimum atomic E-state index is -3.94. The van der Waals surface area contributed by atoms with E-state index in [1.807, 2.05) is 6.07 Å². The molecule has 3 aliphatic rings. The van der Waals surface area contributed by atoms with Gasteiger partial charge in [0.25, 0.3) is 5.91 Å². The maximum absolute atomic E-state index is 15.3. The summed E-state index contributed by atoms with van der Waals surface area (Å²) in [4.78, 5) is 29.0. The second-order valence-corrected chi connectivity index (χ2v) is 15.0. The molecule has 0 aromatic heterocycles. The number of benzene rings is 3. The van der Waals surface area contributed by atoms with E-state index in [1.54, 1.807) is 60.4 Å². The van der Waals surface area contributed by atoms with Crippen LogP contribution in [0.2, 0.25) is 10.0 Å². The van der Waals surface area contributed by atoms with Crippen LogP contribution in [0.15, 0.2) is 72.8 Å². The number of morpholine rings is 1. The number of ether oxygens (including phenoxy) is 2. The average molecular weight is 690 g/mol. The van der Waals surface area contributed by atoms with Crippen LogP contribution in [0.5, 0.6) is 0 Å². The van der Waals surface area contributed by atoms with Crippen LogP contribution < -0.4 is 4.31 Å². The van der Waals surface area contributed by atoms with E-state index in [1.165, 1.54) is 18.2 Å². The van der Waals surface area contributed by atoms with E-state index >= 15 is 4.39 Å². The van der Waals surface area contributed by atoms with Crippen molar-refractivity contribution in [3.8, 4) is 0 Å². The number of hydrogen-bond donors (Lipinski definition) is 0. The first-order valence-electron chi connectivity index (χ1n) is 15.5. The highest BCUT2D eigenvalue weighted by atomic mass is 35.5. The Bertz CT molecular complexity index is 1700.